The molecule has 2 N–H and O–H groups in total. The predicted octanol–water partition coefficient (Wildman–Crippen LogP) is 4.89. The van der Waals surface area contributed by atoms with Gasteiger partial charge in [0.1, 0.15) is 11.6 Å². The second-order valence-electron chi connectivity index (χ2n) is 6.31. The summed E-state index contributed by atoms with van der Waals surface area (Å²) < 4.78 is 18.8. The summed E-state index contributed by atoms with van der Waals surface area (Å²) in [6, 6.07) is 16.4. The highest BCUT2D eigenvalue weighted by molar-refractivity contribution is 5.91. The van der Waals surface area contributed by atoms with Gasteiger partial charge in [0, 0.05) is 29.9 Å². The number of aromatic amines is 1. The van der Waals surface area contributed by atoms with Gasteiger partial charge in [-0.3, -0.25) is 10.1 Å². The first-order valence-corrected chi connectivity index (χ1v) is 8.86. The first-order chi connectivity index (χ1) is 13.7. The zero-order valence-corrected chi connectivity index (χ0v) is 15.3. The van der Waals surface area contributed by atoms with Gasteiger partial charge in [0.25, 0.3) is 0 Å². The maximum absolute atomic E-state index is 13.7. The lowest BCUT2D eigenvalue weighted by molar-refractivity contribution is 0.410. The fourth-order valence-corrected chi connectivity index (χ4v) is 2.95. The largest absolute Gasteiger partial charge is 0.497 e. The third-order valence-corrected chi connectivity index (χ3v) is 4.36. The monoisotopic (exact) mass is 374 g/mol. The Bertz CT molecular complexity index is 1120. The SMILES string of the molecule is COc1cc(F)cc(CNc2ccc3[nH]nc(C=Cc4ccccn4)c3c2)c1. The summed E-state index contributed by atoms with van der Waals surface area (Å²) in [6.45, 7) is 0.483. The van der Waals surface area contributed by atoms with E-state index >= 15 is 0 Å². The smallest absolute Gasteiger partial charge is 0.127 e. The Morgan fingerprint density at radius 1 is 1.11 bits per heavy atom. The number of pyridine rings is 1. The van der Waals surface area contributed by atoms with Gasteiger partial charge in [-0.1, -0.05) is 6.07 Å². The molecule has 2 heterocycles. The van der Waals surface area contributed by atoms with Crippen LogP contribution in [0.5, 0.6) is 5.75 Å². The van der Waals surface area contributed by atoms with Gasteiger partial charge < -0.3 is 10.1 Å². The van der Waals surface area contributed by atoms with Crippen molar-refractivity contribution in [2.24, 2.45) is 0 Å². The fourth-order valence-electron chi connectivity index (χ4n) is 2.95. The molecule has 0 amide bonds. The molecule has 0 saturated heterocycles. The quantitative estimate of drug-likeness (QED) is 0.504. The second kappa shape index (κ2) is 7.92. The van der Waals surface area contributed by atoms with E-state index < -0.39 is 0 Å². The Morgan fingerprint density at radius 3 is 2.86 bits per heavy atom. The number of hydrogen-bond acceptors (Lipinski definition) is 4. The van der Waals surface area contributed by atoms with E-state index in [1.807, 2.05) is 54.6 Å². The Labute approximate surface area is 161 Å². The van der Waals surface area contributed by atoms with Crippen LogP contribution in [0, 0.1) is 5.82 Å². The van der Waals surface area contributed by atoms with Crippen LogP contribution >= 0.6 is 0 Å². The number of halogens is 1. The highest BCUT2D eigenvalue weighted by Crippen LogP contribution is 2.23. The molecule has 0 spiro atoms. The summed E-state index contributed by atoms with van der Waals surface area (Å²) in [5.74, 6) is 0.187. The van der Waals surface area contributed by atoms with Gasteiger partial charge in [-0.15, -0.1) is 0 Å². The van der Waals surface area contributed by atoms with Crippen LogP contribution in [-0.2, 0) is 6.54 Å². The minimum absolute atomic E-state index is 0.316. The van der Waals surface area contributed by atoms with Gasteiger partial charge in [0.15, 0.2) is 0 Å². The van der Waals surface area contributed by atoms with Crippen molar-refractivity contribution in [3.05, 3.63) is 83.6 Å². The van der Waals surface area contributed by atoms with Crippen LogP contribution < -0.4 is 10.1 Å². The van der Waals surface area contributed by atoms with Gasteiger partial charge in [-0.25, -0.2) is 4.39 Å². The molecule has 5 nitrogen and oxygen atoms in total. The standard InChI is InChI=1S/C22H19FN4O/c1-28-19-11-15(10-16(23)12-19)14-25-18-6-8-22-20(13-18)21(26-27-22)7-5-17-4-2-3-9-24-17/h2-13,25H,14H2,1H3,(H,26,27). The van der Waals surface area contributed by atoms with Gasteiger partial charge in [0.2, 0.25) is 0 Å². The van der Waals surface area contributed by atoms with E-state index in [0.717, 1.165) is 33.5 Å². The third-order valence-electron chi connectivity index (χ3n) is 4.36. The maximum atomic E-state index is 13.7. The fraction of sp³-hybridized carbons (Fsp3) is 0.0909. The Hall–Kier alpha value is -3.67. The van der Waals surface area contributed by atoms with Crippen molar-refractivity contribution >= 4 is 28.7 Å². The second-order valence-corrected chi connectivity index (χ2v) is 6.31. The van der Waals surface area contributed by atoms with E-state index in [2.05, 4.69) is 20.5 Å². The number of nitrogens with one attached hydrogen (secondary N) is 2. The number of benzene rings is 2. The minimum Gasteiger partial charge on any atom is -0.497 e. The van der Waals surface area contributed by atoms with Crippen molar-refractivity contribution in [1.29, 1.82) is 0 Å². The topological polar surface area (TPSA) is 62.8 Å². The number of H-pyrrole nitrogens is 1. The summed E-state index contributed by atoms with van der Waals surface area (Å²) in [5.41, 5.74) is 4.37. The van der Waals surface area contributed by atoms with Gasteiger partial charge in [-0.2, -0.15) is 5.10 Å². The zero-order valence-electron chi connectivity index (χ0n) is 15.3. The van der Waals surface area contributed by atoms with E-state index in [1.165, 1.54) is 19.2 Å². The number of nitrogens with zero attached hydrogens (tertiary/aromatic N) is 2. The highest BCUT2D eigenvalue weighted by Gasteiger charge is 2.06. The average molecular weight is 374 g/mol. The number of rotatable bonds is 6. The third kappa shape index (κ3) is 4.01. The van der Waals surface area contributed by atoms with Crippen molar-refractivity contribution in [2.75, 3.05) is 12.4 Å². The van der Waals surface area contributed by atoms with E-state index in [0.29, 0.717) is 12.3 Å². The molecule has 0 fully saturated rings. The molecule has 2 aromatic carbocycles. The van der Waals surface area contributed by atoms with Crippen molar-refractivity contribution in [1.82, 2.24) is 15.2 Å². The van der Waals surface area contributed by atoms with Crippen molar-refractivity contribution in [3.8, 4) is 5.75 Å². The van der Waals surface area contributed by atoms with E-state index in [1.54, 1.807) is 6.20 Å². The number of aromatic nitrogens is 3. The number of hydrogen-bond donors (Lipinski definition) is 2. The summed E-state index contributed by atoms with van der Waals surface area (Å²) in [7, 11) is 1.53. The van der Waals surface area contributed by atoms with E-state index in [4.69, 9.17) is 4.74 Å². The predicted molar refractivity (Wildman–Crippen MR) is 110 cm³/mol. The maximum Gasteiger partial charge on any atom is 0.127 e. The summed E-state index contributed by atoms with van der Waals surface area (Å²) in [6.07, 6.45) is 5.61. The molecule has 0 radical (unpaired) electrons. The molecule has 0 aliphatic heterocycles. The minimum atomic E-state index is -0.316. The lowest BCUT2D eigenvalue weighted by atomic mass is 10.1. The van der Waals surface area contributed by atoms with Crippen LogP contribution in [0.1, 0.15) is 17.0 Å². The van der Waals surface area contributed by atoms with Crippen LogP contribution in [-0.4, -0.2) is 22.3 Å². The lowest BCUT2D eigenvalue weighted by Gasteiger charge is -2.09. The Morgan fingerprint density at radius 2 is 2.04 bits per heavy atom. The molecular weight excluding hydrogens is 355 g/mol. The molecular formula is C22H19FN4O. The van der Waals surface area contributed by atoms with Crippen LogP contribution in [0.3, 0.4) is 0 Å². The van der Waals surface area contributed by atoms with Crippen molar-refractivity contribution in [3.63, 3.8) is 0 Å². The summed E-state index contributed by atoms with van der Waals surface area (Å²) >= 11 is 0. The Kier molecular flexibility index (Phi) is 5.01. The van der Waals surface area contributed by atoms with Gasteiger partial charge in [-0.05, 0) is 60.2 Å². The normalized spacial score (nSPS) is 11.2. The van der Waals surface area contributed by atoms with Crippen LogP contribution in [0.15, 0.2) is 60.8 Å². The molecule has 0 atom stereocenters. The molecule has 0 aliphatic carbocycles. The van der Waals surface area contributed by atoms with Crippen molar-refractivity contribution < 1.29 is 9.13 Å². The van der Waals surface area contributed by atoms with Crippen LogP contribution in [0.25, 0.3) is 23.1 Å². The summed E-state index contributed by atoms with van der Waals surface area (Å²) in [4.78, 5) is 4.28. The van der Waals surface area contributed by atoms with Crippen LogP contribution in [0.4, 0.5) is 10.1 Å². The number of ether oxygens (including phenoxy) is 1. The summed E-state index contributed by atoms with van der Waals surface area (Å²) in [5, 5.41) is 11.7. The molecule has 4 aromatic rings. The molecule has 0 unspecified atom stereocenters. The number of fused-ring (bicyclic) bond motifs is 1. The van der Waals surface area contributed by atoms with E-state index in [-0.39, 0.29) is 5.82 Å². The van der Waals surface area contributed by atoms with Gasteiger partial charge in [0.05, 0.1) is 24.0 Å². The molecule has 0 bridgehead atoms. The van der Waals surface area contributed by atoms with Crippen LogP contribution in [0.2, 0.25) is 0 Å². The molecule has 140 valence electrons. The molecule has 4 rings (SSSR count). The van der Waals surface area contributed by atoms with Gasteiger partial charge >= 0.3 is 0 Å². The van der Waals surface area contributed by atoms with Crippen molar-refractivity contribution in [2.45, 2.75) is 6.54 Å². The highest BCUT2D eigenvalue weighted by atomic mass is 19.1. The molecule has 2 aromatic heterocycles. The molecule has 6 heteroatoms. The zero-order chi connectivity index (χ0) is 19.3. The molecule has 0 aliphatic rings. The number of anilines is 1. The molecule has 28 heavy (non-hydrogen) atoms. The lowest BCUT2D eigenvalue weighted by Crippen LogP contribution is -2.00. The Balaban J connectivity index is 1.54. The molecule has 0 saturated carbocycles. The number of methoxy groups -OCH3 is 1. The first-order valence-electron chi connectivity index (χ1n) is 8.86. The first kappa shape index (κ1) is 17.7. The van der Waals surface area contributed by atoms with E-state index in [9.17, 15) is 4.39 Å². The average Bonchev–Trinajstić information content (AvgIpc) is 3.13.